The second kappa shape index (κ2) is 7.38. The van der Waals surface area contributed by atoms with Gasteiger partial charge in [0.15, 0.2) is 0 Å². The Kier molecular flexibility index (Phi) is 6.50. The Morgan fingerprint density at radius 1 is 1.29 bits per heavy atom. The van der Waals surface area contributed by atoms with Gasteiger partial charge < -0.3 is 10.2 Å². The molecule has 3 atom stereocenters. The third kappa shape index (κ3) is 5.39. The SMILES string of the molecule is CCC1CCN(CC(C)C(C)C)CC(C)CN1. The molecule has 1 rings (SSSR count). The summed E-state index contributed by atoms with van der Waals surface area (Å²) >= 11 is 0. The average molecular weight is 240 g/mol. The molecule has 0 aromatic heterocycles. The summed E-state index contributed by atoms with van der Waals surface area (Å²) in [7, 11) is 0. The third-order valence-corrected chi connectivity index (χ3v) is 4.30. The van der Waals surface area contributed by atoms with Crippen LogP contribution in [0.1, 0.15) is 47.5 Å². The van der Waals surface area contributed by atoms with E-state index in [0.29, 0.717) is 0 Å². The Labute approximate surface area is 108 Å². The van der Waals surface area contributed by atoms with Crippen LogP contribution >= 0.6 is 0 Å². The largest absolute Gasteiger partial charge is 0.314 e. The van der Waals surface area contributed by atoms with Crippen molar-refractivity contribution in [2.24, 2.45) is 17.8 Å². The fourth-order valence-corrected chi connectivity index (χ4v) is 2.54. The van der Waals surface area contributed by atoms with Crippen LogP contribution in [0, 0.1) is 17.8 Å². The lowest BCUT2D eigenvalue weighted by atomic mass is 9.96. The van der Waals surface area contributed by atoms with Crippen molar-refractivity contribution >= 4 is 0 Å². The van der Waals surface area contributed by atoms with Gasteiger partial charge >= 0.3 is 0 Å². The molecule has 1 fully saturated rings. The highest BCUT2D eigenvalue weighted by Gasteiger charge is 2.20. The van der Waals surface area contributed by atoms with E-state index in [1.165, 1.54) is 39.0 Å². The summed E-state index contributed by atoms with van der Waals surface area (Å²) in [4.78, 5) is 2.69. The molecule has 0 spiro atoms. The van der Waals surface area contributed by atoms with Gasteiger partial charge in [0.2, 0.25) is 0 Å². The van der Waals surface area contributed by atoms with Gasteiger partial charge in [0.1, 0.15) is 0 Å². The van der Waals surface area contributed by atoms with Gasteiger partial charge in [-0.2, -0.15) is 0 Å². The standard InChI is InChI=1S/C15H32N2/c1-6-15-7-8-17(10-13(4)9-16-15)11-14(5)12(2)3/h12-16H,6-11H2,1-5H3. The van der Waals surface area contributed by atoms with Crippen LogP contribution in [0.3, 0.4) is 0 Å². The molecule has 0 saturated carbocycles. The zero-order chi connectivity index (χ0) is 12.8. The lowest BCUT2D eigenvalue weighted by molar-refractivity contribution is 0.162. The van der Waals surface area contributed by atoms with E-state index in [-0.39, 0.29) is 0 Å². The first-order valence-corrected chi connectivity index (χ1v) is 7.48. The maximum absolute atomic E-state index is 3.69. The number of rotatable bonds is 4. The van der Waals surface area contributed by atoms with Gasteiger partial charge in [0.25, 0.3) is 0 Å². The Morgan fingerprint density at radius 3 is 2.59 bits per heavy atom. The molecule has 0 aromatic carbocycles. The summed E-state index contributed by atoms with van der Waals surface area (Å²) in [5.41, 5.74) is 0. The molecule has 1 aliphatic rings. The van der Waals surface area contributed by atoms with E-state index in [1.54, 1.807) is 0 Å². The predicted octanol–water partition coefficient (Wildman–Crippen LogP) is 2.99. The minimum absolute atomic E-state index is 0.731. The van der Waals surface area contributed by atoms with Gasteiger partial charge in [0, 0.05) is 19.1 Å². The fraction of sp³-hybridized carbons (Fsp3) is 1.00. The lowest BCUT2D eigenvalue weighted by Gasteiger charge is -2.34. The van der Waals surface area contributed by atoms with Crippen LogP contribution in [0.5, 0.6) is 0 Å². The van der Waals surface area contributed by atoms with Crippen molar-refractivity contribution in [1.29, 1.82) is 0 Å². The first-order valence-electron chi connectivity index (χ1n) is 7.48. The van der Waals surface area contributed by atoms with Crippen LogP contribution in [0.4, 0.5) is 0 Å². The number of hydrogen-bond donors (Lipinski definition) is 1. The molecule has 0 aliphatic carbocycles. The van der Waals surface area contributed by atoms with E-state index in [4.69, 9.17) is 0 Å². The molecule has 2 heteroatoms. The van der Waals surface area contributed by atoms with Crippen LogP contribution in [-0.2, 0) is 0 Å². The third-order valence-electron chi connectivity index (χ3n) is 4.30. The van der Waals surface area contributed by atoms with E-state index >= 15 is 0 Å². The molecule has 1 aliphatic heterocycles. The van der Waals surface area contributed by atoms with Crippen LogP contribution in [-0.4, -0.2) is 37.1 Å². The molecule has 3 unspecified atom stereocenters. The van der Waals surface area contributed by atoms with Crippen LogP contribution in [0.25, 0.3) is 0 Å². The molecule has 17 heavy (non-hydrogen) atoms. The highest BCUT2D eigenvalue weighted by atomic mass is 15.1. The van der Waals surface area contributed by atoms with E-state index in [1.807, 2.05) is 0 Å². The normalized spacial score (nSPS) is 30.0. The molecule has 1 saturated heterocycles. The summed E-state index contributed by atoms with van der Waals surface area (Å²) in [5, 5.41) is 3.69. The monoisotopic (exact) mass is 240 g/mol. The first kappa shape index (κ1) is 15.0. The van der Waals surface area contributed by atoms with Gasteiger partial charge in [0.05, 0.1) is 0 Å². The Hall–Kier alpha value is -0.0800. The van der Waals surface area contributed by atoms with E-state index in [9.17, 15) is 0 Å². The van der Waals surface area contributed by atoms with Gasteiger partial charge in [-0.1, -0.05) is 34.6 Å². The van der Waals surface area contributed by atoms with E-state index in [0.717, 1.165) is 23.8 Å². The average Bonchev–Trinajstić information content (AvgIpc) is 2.26. The maximum Gasteiger partial charge on any atom is 0.00767 e. The Balaban J connectivity index is 2.46. The molecule has 102 valence electrons. The second-order valence-corrected chi connectivity index (χ2v) is 6.39. The van der Waals surface area contributed by atoms with Crippen molar-refractivity contribution < 1.29 is 0 Å². The van der Waals surface area contributed by atoms with E-state index < -0.39 is 0 Å². The van der Waals surface area contributed by atoms with Crippen molar-refractivity contribution in [2.45, 2.75) is 53.5 Å². The van der Waals surface area contributed by atoms with Crippen LogP contribution < -0.4 is 5.32 Å². The maximum atomic E-state index is 3.69. The molecular weight excluding hydrogens is 208 g/mol. The molecule has 0 amide bonds. The topological polar surface area (TPSA) is 15.3 Å². The van der Waals surface area contributed by atoms with Crippen molar-refractivity contribution in [3.63, 3.8) is 0 Å². The predicted molar refractivity (Wildman–Crippen MR) is 76.3 cm³/mol. The molecule has 1 heterocycles. The summed E-state index contributed by atoms with van der Waals surface area (Å²) < 4.78 is 0. The summed E-state index contributed by atoms with van der Waals surface area (Å²) in [6, 6.07) is 0.731. The van der Waals surface area contributed by atoms with Gasteiger partial charge in [-0.3, -0.25) is 0 Å². The minimum Gasteiger partial charge on any atom is -0.314 e. The highest BCUT2D eigenvalue weighted by Crippen LogP contribution is 2.15. The quantitative estimate of drug-likeness (QED) is 0.812. The first-order chi connectivity index (χ1) is 8.02. The van der Waals surface area contributed by atoms with Gasteiger partial charge in [-0.25, -0.2) is 0 Å². The van der Waals surface area contributed by atoms with Gasteiger partial charge in [-0.05, 0) is 43.7 Å². The molecule has 0 bridgehead atoms. The fourth-order valence-electron chi connectivity index (χ4n) is 2.54. The van der Waals surface area contributed by atoms with Crippen LogP contribution in [0.2, 0.25) is 0 Å². The van der Waals surface area contributed by atoms with Crippen molar-refractivity contribution in [2.75, 3.05) is 26.2 Å². The lowest BCUT2D eigenvalue weighted by Crippen LogP contribution is -2.44. The summed E-state index contributed by atoms with van der Waals surface area (Å²) in [5.74, 6) is 2.40. The van der Waals surface area contributed by atoms with Crippen molar-refractivity contribution in [3.8, 4) is 0 Å². The highest BCUT2D eigenvalue weighted by molar-refractivity contribution is 4.77. The zero-order valence-corrected chi connectivity index (χ0v) is 12.5. The second-order valence-electron chi connectivity index (χ2n) is 6.39. The molecular formula is C15H32N2. The molecule has 1 N–H and O–H groups in total. The number of nitrogens with zero attached hydrogens (tertiary/aromatic N) is 1. The number of hydrogen-bond acceptors (Lipinski definition) is 2. The Bertz CT molecular complexity index is 203. The van der Waals surface area contributed by atoms with E-state index in [2.05, 4.69) is 44.8 Å². The zero-order valence-electron chi connectivity index (χ0n) is 12.5. The smallest absolute Gasteiger partial charge is 0.00767 e. The number of nitrogens with one attached hydrogen (secondary N) is 1. The Morgan fingerprint density at radius 2 is 2.00 bits per heavy atom. The molecule has 0 radical (unpaired) electrons. The molecule has 0 aromatic rings. The van der Waals surface area contributed by atoms with Crippen LogP contribution in [0.15, 0.2) is 0 Å². The van der Waals surface area contributed by atoms with Crippen molar-refractivity contribution in [3.05, 3.63) is 0 Å². The van der Waals surface area contributed by atoms with Crippen molar-refractivity contribution in [1.82, 2.24) is 10.2 Å². The molecule has 2 nitrogen and oxygen atoms in total. The summed E-state index contributed by atoms with van der Waals surface area (Å²) in [6.45, 7) is 16.7. The summed E-state index contributed by atoms with van der Waals surface area (Å²) in [6.07, 6.45) is 2.58. The minimum atomic E-state index is 0.731. The van der Waals surface area contributed by atoms with Gasteiger partial charge in [-0.15, -0.1) is 0 Å².